The summed E-state index contributed by atoms with van der Waals surface area (Å²) in [6, 6.07) is 7.03. The van der Waals surface area contributed by atoms with E-state index in [1.165, 1.54) is 24.2 Å². The smallest absolute Gasteiger partial charge is 0.261 e. The molecule has 1 fully saturated rings. The highest BCUT2D eigenvalue weighted by atomic mass is 16.3. The number of benzene rings is 1. The number of hydrogen-bond donors (Lipinski definition) is 1. The Kier molecular flexibility index (Phi) is 4.30. The Labute approximate surface area is 131 Å². The molecule has 0 bridgehead atoms. The van der Waals surface area contributed by atoms with Crippen LogP contribution in [-0.4, -0.2) is 35.0 Å². The van der Waals surface area contributed by atoms with Gasteiger partial charge in [0.15, 0.2) is 0 Å². The number of aliphatic hydroxyl groups excluding tert-OH is 1. The quantitative estimate of drug-likeness (QED) is 0.851. The predicted octanol–water partition coefficient (Wildman–Crippen LogP) is 3.01. The van der Waals surface area contributed by atoms with E-state index in [9.17, 15) is 14.7 Å². The summed E-state index contributed by atoms with van der Waals surface area (Å²) in [5, 5.41) is 9.37. The molecule has 0 unspecified atom stereocenters. The van der Waals surface area contributed by atoms with Crippen molar-refractivity contribution in [2.24, 2.45) is 5.41 Å². The first kappa shape index (κ1) is 15.2. The lowest BCUT2D eigenvalue weighted by Crippen LogP contribution is -2.36. The van der Waals surface area contributed by atoms with Gasteiger partial charge >= 0.3 is 0 Å². The Bertz CT molecular complexity index is 535. The molecule has 3 rings (SSSR count). The molecule has 4 nitrogen and oxygen atoms in total. The Morgan fingerprint density at radius 3 is 2.09 bits per heavy atom. The van der Waals surface area contributed by atoms with Crippen LogP contribution in [0.1, 0.15) is 65.7 Å². The summed E-state index contributed by atoms with van der Waals surface area (Å²) in [6.45, 7) is 0.647. The van der Waals surface area contributed by atoms with E-state index in [0.717, 1.165) is 25.7 Å². The normalized spacial score (nSPS) is 20.3. The molecule has 4 heteroatoms. The van der Waals surface area contributed by atoms with Crippen molar-refractivity contribution in [3.63, 3.8) is 0 Å². The lowest BCUT2D eigenvalue weighted by molar-refractivity contribution is 0.0586. The third kappa shape index (κ3) is 2.68. The molecule has 1 aromatic carbocycles. The van der Waals surface area contributed by atoms with Crippen LogP contribution < -0.4 is 0 Å². The van der Waals surface area contributed by atoms with E-state index < -0.39 is 0 Å². The monoisotopic (exact) mass is 301 g/mol. The van der Waals surface area contributed by atoms with Crippen LogP contribution in [0.15, 0.2) is 24.3 Å². The molecule has 1 heterocycles. The number of aliphatic hydroxyl groups is 1. The summed E-state index contributed by atoms with van der Waals surface area (Å²) < 4.78 is 0. The number of hydrogen-bond acceptors (Lipinski definition) is 3. The molecule has 2 amide bonds. The van der Waals surface area contributed by atoms with Crippen molar-refractivity contribution in [2.45, 2.75) is 44.9 Å². The fourth-order valence-corrected chi connectivity index (χ4v) is 3.96. The van der Waals surface area contributed by atoms with Crippen LogP contribution in [0.5, 0.6) is 0 Å². The van der Waals surface area contributed by atoms with E-state index in [0.29, 0.717) is 17.7 Å². The second-order valence-corrected chi connectivity index (χ2v) is 6.59. The SMILES string of the molecule is O=C1c2ccccc2C(=O)N1CCC1(CCO)CCCCC1. The van der Waals surface area contributed by atoms with Crippen molar-refractivity contribution < 1.29 is 14.7 Å². The van der Waals surface area contributed by atoms with Crippen molar-refractivity contribution >= 4 is 11.8 Å². The van der Waals surface area contributed by atoms with Gasteiger partial charge in [0.2, 0.25) is 0 Å². The zero-order valence-electron chi connectivity index (χ0n) is 12.9. The fourth-order valence-electron chi connectivity index (χ4n) is 3.96. The minimum absolute atomic E-state index is 0.0995. The third-order valence-corrected chi connectivity index (χ3v) is 5.30. The molecule has 1 N–H and O–H groups in total. The molecule has 1 saturated carbocycles. The average molecular weight is 301 g/mol. The van der Waals surface area contributed by atoms with Crippen LogP contribution >= 0.6 is 0 Å². The van der Waals surface area contributed by atoms with Crippen molar-refractivity contribution in [2.75, 3.05) is 13.2 Å². The van der Waals surface area contributed by atoms with E-state index in [-0.39, 0.29) is 23.8 Å². The van der Waals surface area contributed by atoms with Gasteiger partial charge in [0.1, 0.15) is 0 Å². The Balaban J connectivity index is 1.71. The van der Waals surface area contributed by atoms with Crippen molar-refractivity contribution in [1.29, 1.82) is 0 Å². The van der Waals surface area contributed by atoms with Gasteiger partial charge in [0.25, 0.3) is 11.8 Å². The van der Waals surface area contributed by atoms with Gasteiger partial charge in [0, 0.05) is 13.2 Å². The van der Waals surface area contributed by atoms with E-state index in [2.05, 4.69) is 0 Å². The number of amides is 2. The first-order valence-corrected chi connectivity index (χ1v) is 8.23. The summed E-state index contributed by atoms with van der Waals surface area (Å²) in [6.07, 6.45) is 7.38. The number of carbonyl (C=O) groups is 2. The van der Waals surface area contributed by atoms with Gasteiger partial charge in [-0.05, 0) is 43.2 Å². The molecule has 0 spiro atoms. The highest BCUT2D eigenvalue weighted by molar-refractivity contribution is 6.21. The summed E-state index contributed by atoms with van der Waals surface area (Å²) in [5.74, 6) is -0.342. The zero-order chi connectivity index (χ0) is 15.6. The lowest BCUT2D eigenvalue weighted by Gasteiger charge is -2.38. The molecule has 0 saturated heterocycles. The molecule has 1 aliphatic carbocycles. The maximum absolute atomic E-state index is 12.4. The van der Waals surface area contributed by atoms with Crippen LogP contribution in [0.25, 0.3) is 0 Å². The summed E-state index contributed by atoms with van der Waals surface area (Å²) in [7, 11) is 0. The van der Waals surface area contributed by atoms with Crippen molar-refractivity contribution in [1.82, 2.24) is 4.90 Å². The Morgan fingerprint density at radius 1 is 0.955 bits per heavy atom. The first-order chi connectivity index (χ1) is 10.7. The number of carbonyl (C=O) groups excluding carboxylic acids is 2. The molecule has 0 aromatic heterocycles. The number of fused-ring (bicyclic) bond motifs is 1. The standard InChI is InChI=1S/C18H23NO3/c20-13-11-18(8-4-1-5-9-18)10-12-19-16(21)14-6-2-3-7-15(14)17(19)22/h2-3,6-7,20H,1,4-5,8-13H2. The second-order valence-electron chi connectivity index (χ2n) is 6.59. The zero-order valence-corrected chi connectivity index (χ0v) is 12.9. The molecule has 22 heavy (non-hydrogen) atoms. The Hall–Kier alpha value is -1.68. The third-order valence-electron chi connectivity index (χ3n) is 5.30. The van der Waals surface area contributed by atoms with Gasteiger partial charge < -0.3 is 5.11 Å². The molecular formula is C18H23NO3. The number of nitrogens with zero attached hydrogens (tertiary/aromatic N) is 1. The molecule has 1 aromatic rings. The summed E-state index contributed by atoms with van der Waals surface area (Å²) in [5.41, 5.74) is 1.14. The van der Waals surface area contributed by atoms with Crippen molar-refractivity contribution in [3.05, 3.63) is 35.4 Å². The molecular weight excluding hydrogens is 278 g/mol. The van der Waals surface area contributed by atoms with Crippen LogP contribution in [0.3, 0.4) is 0 Å². The number of imide groups is 1. The average Bonchev–Trinajstić information content (AvgIpc) is 2.79. The highest BCUT2D eigenvalue weighted by Crippen LogP contribution is 2.42. The summed E-state index contributed by atoms with van der Waals surface area (Å²) in [4.78, 5) is 26.2. The summed E-state index contributed by atoms with van der Waals surface area (Å²) >= 11 is 0. The molecule has 118 valence electrons. The minimum Gasteiger partial charge on any atom is -0.396 e. The van der Waals surface area contributed by atoms with Gasteiger partial charge in [-0.3, -0.25) is 14.5 Å². The van der Waals surface area contributed by atoms with Gasteiger partial charge in [0.05, 0.1) is 11.1 Å². The van der Waals surface area contributed by atoms with Crippen LogP contribution in [0.2, 0.25) is 0 Å². The topological polar surface area (TPSA) is 57.6 Å². The minimum atomic E-state index is -0.171. The van der Waals surface area contributed by atoms with Crippen LogP contribution in [0, 0.1) is 5.41 Å². The van der Waals surface area contributed by atoms with Crippen LogP contribution in [-0.2, 0) is 0 Å². The van der Waals surface area contributed by atoms with E-state index in [1.807, 2.05) is 0 Å². The first-order valence-electron chi connectivity index (χ1n) is 8.23. The molecule has 0 radical (unpaired) electrons. The molecule has 2 aliphatic rings. The van der Waals surface area contributed by atoms with Gasteiger partial charge in [-0.2, -0.15) is 0 Å². The fraction of sp³-hybridized carbons (Fsp3) is 0.556. The predicted molar refractivity (Wildman–Crippen MR) is 83.6 cm³/mol. The van der Waals surface area contributed by atoms with E-state index in [4.69, 9.17) is 0 Å². The highest BCUT2D eigenvalue weighted by Gasteiger charge is 2.38. The number of rotatable bonds is 5. The Morgan fingerprint density at radius 2 is 1.55 bits per heavy atom. The van der Waals surface area contributed by atoms with Gasteiger partial charge in [-0.1, -0.05) is 31.4 Å². The lowest BCUT2D eigenvalue weighted by atomic mass is 9.70. The maximum atomic E-state index is 12.4. The molecule has 1 aliphatic heterocycles. The second kappa shape index (κ2) is 6.21. The van der Waals surface area contributed by atoms with Gasteiger partial charge in [-0.15, -0.1) is 0 Å². The van der Waals surface area contributed by atoms with E-state index >= 15 is 0 Å². The van der Waals surface area contributed by atoms with Crippen LogP contribution in [0.4, 0.5) is 0 Å². The van der Waals surface area contributed by atoms with E-state index in [1.54, 1.807) is 24.3 Å². The van der Waals surface area contributed by atoms with Gasteiger partial charge in [-0.25, -0.2) is 0 Å². The molecule has 0 atom stereocenters. The maximum Gasteiger partial charge on any atom is 0.261 e. The largest absolute Gasteiger partial charge is 0.396 e. The van der Waals surface area contributed by atoms with Crippen molar-refractivity contribution in [3.8, 4) is 0 Å².